The van der Waals surface area contributed by atoms with E-state index in [2.05, 4.69) is 0 Å². The van der Waals surface area contributed by atoms with Crippen LogP contribution >= 0.6 is 0 Å². The van der Waals surface area contributed by atoms with Crippen molar-refractivity contribution in [3.63, 3.8) is 0 Å². The lowest BCUT2D eigenvalue weighted by molar-refractivity contribution is -0.144. The SMILES string of the molecule is CCOC(=O)C(C)c1ccc2c(c1)[S+]([O-])c1ccccc1O2. The van der Waals surface area contributed by atoms with Crippen molar-refractivity contribution < 1.29 is 18.8 Å². The van der Waals surface area contributed by atoms with E-state index >= 15 is 0 Å². The summed E-state index contributed by atoms with van der Waals surface area (Å²) in [5.41, 5.74) is 0.772. The third-order valence-electron chi connectivity index (χ3n) is 3.58. The van der Waals surface area contributed by atoms with Crippen molar-refractivity contribution in [3.05, 3.63) is 48.0 Å². The van der Waals surface area contributed by atoms with Crippen molar-refractivity contribution in [3.8, 4) is 11.5 Å². The monoisotopic (exact) mass is 316 g/mol. The first-order valence-electron chi connectivity index (χ1n) is 7.11. The van der Waals surface area contributed by atoms with Crippen LogP contribution in [0.15, 0.2) is 52.3 Å². The summed E-state index contributed by atoms with van der Waals surface area (Å²) in [5.74, 6) is 0.487. The van der Waals surface area contributed by atoms with Crippen LogP contribution < -0.4 is 4.74 Å². The van der Waals surface area contributed by atoms with E-state index in [4.69, 9.17) is 9.47 Å². The molecule has 0 aromatic heterocycles. The zero-order valence-corrected chi connectivity index (χ0v) is 13.2. The second-order valence-electron chi connectivity index (χ2n) is 5.00. The zero-order valence-electron chi connectivity index (χ0n) is 12.4. The van der Waals surface area contributed by atoms with E-state index in [1.807, 2.05) is 18.2 Å². The molecule has 0 N–H and O–H groups in total. The number of para-hydroxylation sites is 1. The molecule has 0 amide bonds. The van der Waals surface area contributed by atoms with Gasteiger partial charge in [0.15, 0.2) is 11.5 Å². The van der Waals surface area contributed by atoms with E-state index in [-0.39, 0.29) is 5.97 Å². The van der Waals surface area contributed by atoms with Crippen LogP contribution in [0, 0.1) is 0 Å². The fourth-order valence-corrected chi connectivity index (χ4v) is 3.62. The summed E-state index contributed by atoms with van der Waals surface area (Å²) in [7, 11) is 0. The molecule has 0 radical (unpaired) electrons. The van der Waals surface area contributed by atoms with E-state index in [1.165, 1.54) is 0 Å². The van der Waals surface area contributed by atoms with E-state index in [9.17, 15) is 9.35 Å². The quantitative estimate of drug-likeness (QED) is 0.641. The van der Waals surface area contributed by atoms with E-state index in [0.717, 1.165) is 5.56 Å². The molecule has 4 nitrogen and oxygen atoms in total. The molecule has 0 fully saturated rings. The fourth-order valence-electron chi connectivity index (χ4n) is 2.35. The first-order valence-corrected chi connectivity index (χ1v) is 8.26. The van der Waals surface area contributed by atoms with Gasteiger partial charge in [-0.15, -0.1) is 0 Å². The first-order chi connectivity index (χ1) is 10.6. The van der Waals surface area contributed by atoms with Gasteiger partial charge in [-0.2, -0.15) is 0 Å². The minimum absolute atomic E-state index is 0.287. The summed E-state index contributed by atoms with van der Waals surface area (Å²) in [4.78, 5) is 13.1. The smallest absolute Gasteiger partial charge is 0.313 e. The van der Waals surface area contributed by atoms with Crippen LogP contribution in [0.1, 0.15) is 25.3 Å². The van der Waals surface area contributed by atoms with Gasteiger partial charge in [0.05, 0.1) is 12.5 Å². The number of hydrogen-bond acceptors (Lipinski definition) is 4. The Balaban J connectivity index is 1.95. The van der Waals surface area contributed by atoms with Crippen molar-refractivity contribution in [2.24, 2.45) is 0 Å². The molecule has 0 bridgehead atoms. The molecule has 0 aliphatic carbocycles. The van der Waals surface area contributed by atoms with Crippen molar-refractivity contribution >= 4 is 17.1 Å². The molecule has 2 atom stereocenters. The lowest BCUT2D eigenvalue weighted by atomic mass is 10.0. The van der Waals surface area contributed by atoms with Gasteiger partial charge in [0.2, 0.25) is 9.79 Å². The number of carbonyl (C=O) groups excluding carboxylic acids is 1. The number of esters is 1. The molecule has 22 heavy (non-hydrogen) atoms. The highest BCUT2D eigenvalue weighted by molar-refractivity contribution is 7.91. The first kappa shape index (κ1) is 14.9. The Morgan fingerprint density at radius 3 is 2.73 bits per heavy atom. The normalized spacial score (nSPS) is 17.0. The lowest BCUT2D eigenvalue weighted by Gasteiger charge is -2.22. The predicted octanol–water partition coefficient (Wildman–Crippen LogP) is 3.63. The molecule has 1 aliphatic rings. The van der Waals surface area contributed by atoms with Crippen molar-refractivity contribution in [1.82, 2.24) is 0 Å². The molecule has 2 aromatic carbocycles. The van der Waals surface area contributed by atoms with Gasteiger partial charge in [-0.1, -0.05) is 18.2 Å². The Morgan fingerprint density at radius 2 is 1.95 bits per heavy atom. The van der Waals surface area contributed by atoms with Crippen molar-refractivity contribution in [2.75, 3.05) is 6.61 Å². The minimum atomic E-state index is -1.31. The predicted molar refractivity (Wildman–Crippen MR) is 82.7 cm³/mol. The number of ether oxygens (including phenoxy) is 2. The van der Waals surface area contributed by atoms with E-state index in [1.54, 1.807) is 38.1 Å². The fraction of sp³-hybridized carbons (Fsp3) is 0.235. The molecule has 1 heterocycles. The summed E-state index contributed by atoms with van der Waals surface area (Å²) < 4.78 is 23.5. The molecule has 0 saturated carbocycles. The van der Waals surface area contributed by atoms with Crippen molar-refractivity contribution in [2.45, 2.75) is 29.6 Å². The average molecular weight is 316 g/mol. The highest BCUT2D eigenvalue weighted by Crippen LogP contribution is 2.43. The number of benzene rings is 2. The third-order valence-corrected chi connectivity index (χ3v) is 5.03. The number of rotatable bonds is 3. The topological polar surface area (TPSA) is 58.6 Å². The summed E-state index contributed by atoms with van der Waals surface area (Å²) in [5, 5.41) is 0. The standard InChI is InChI=1S/C17H16O4S/c1-3-20-17(18)11(2)12-8-9-14-16(10-12)22(19)15-7-5-4-6-13(15)21-14/h4-11H,3H2,1-2H3. The van der Waals surface area contributed by atoms with Crippen LogP contribution in [-0.4, -0.2) is 17.1 Å². The van der Waals surface area contributed by atoms with Gasteiger partial charge in [-0.25, -0.2) is 0 Å². The van der Waals surface area contributed by atoms with Crippen LogP contribution in [0.4, 0.5) is 0 Å². The van der Waals surface area contributed by atoms with Crippen LogP contribution in [-0.2, 0) is 20.7 Å². The molecule has 0 saturated heterocycles. The van der Waals surface area contributed by atoms with Gasteiger partial charge in [0.1, 0.15) is 0 Å². The lowest BCUT2D eigenvalue weighted by Crippen LogP contribution is -2.15. The van der Waals surface area contributed by atoms with E-state index < -0.39 is 17.1 Å². The van der Waals surface area contributed by atoms with Crippen LogP contribution in [0.25, 0.3) is 0 Å². The van der Waals surface area contributed by atoms with Gasteiger partial charge in [0.25, 0.3) is 0 Å². The number of carbonyl (C=O) groups is 1. The third kappa shape index (κ3) is 2.58. The Labute approximate surface area is 132 Å². The Bertz CT molecular complexity index is 714. The van der Waals surface area contributed by atoms with Gasteiger partial charge in [0, 0.05) is 17.2 Å². The summed E-state index contributed by atoms with van der Waals surface area (Å²) >= 11 is -1.31. The molecule has 2 aromatic rings. The minimum Gasteiger partial charge on any atom is -0.606 e. The number of hydrogen-bond donors (Lipinski definition) is 0. The molecule has 0 spiro atoms. The summed E-state index contributed by atoms with van der Waals surface area (Å²) in [6.07, 6.45) is 0. The van der Waals surface area contributed by atoms with E-state index in [0.29, 0.717) is 27.9 Å². The largest absolute Gasteiger partial charge is 0.606 e. The molecule has 2 unspecified atom stereocenters. The maximum Gasteiger partial charge on any atom is 0.313 e. The molecule has 114 valence electrons. The van der Waals surface area contributed by atoms with Gasteiger partial charge in [-0.05, 0) is 37.6 Å². The molecule has 5 heteroatoms. The van der Waals surface area contributed by atoms with Crippen LogP contribution in [0.5, 0.6) is 11.5 Å². The Hall–Kier alpha value is -1.98. The molecule has 1 aliphatic heterocycles. The number of fused-ring (bicyclic) bond motifs is 2. The Kier molecular flexibility index (Phi) is 4.09. The van der Waals surface area contributed by atoms with Gasteiger partial charge >= 0.3 is 5.97 Å². The van der Waals surface area contributed by atoms with Crippen molar-refractivity contribution in [1.29, 1.82) is 0 Å². The second kappa shape index (κ2) is 6.02. The van der Waals surface area contributed by atoms with Crippen LogP contribution in [0.2, 0.25) is 0 Å². The second-order valence-corrected chi connectivity index (χ2v) is 6.41. The molecular weight excluding hydrogens is 300 g/mol. The highest BCUT2D eigenvalue weighted by atomic mass is 32.2. The zero-order chi connectivity index (χ0) is 15.7. The van der Waals surface area contributed by atoms with Gasteiger partial charge in [-0.3, -0.25) is 4.79 Å². The maximum absolute atomic E-state index is 12.7. The maximum atomic E-state index is 12.7. The summed E-state index contributed by atoms with van der Waals surface area (Å²) in [6, 6.07) is 12.6. The highest BCUT2D eigenvalue weighted by Gasteiger charge is 2.31. The average Bonchev–Trinajstić information content (AvgIpc) is 2.54. The molecule has 3 rings (SSSR count). The summed E-state index contributed by atoms with van der Waals surface area (Å²) in [6.45, 7) is 3.90. The Morgan fingerprint density at radius 1 is 1.23 bits per heavy atom. The van der Waals surface area contributed by atoms with Gasteiger partial charge < -0.3 is 14.0 Å². The van der Waals surface area contributed by atoms with Crippen LogP contribution in [0.3, 0.4) is 0 Å². The molecular formula is C17H16O4S.